The summed E-state index contributed by atoms with van der Waals surface area (Å²) in [6.45, 7) is 12.5. The minimum atomic E-state index is -1.98. The highest BCUT2D eigenvalue weighted by Gasteiger charge is 2.44. The maximum absolute atomic E-state index is 14.9. The Hall–Kier alpha value is -4.81. The lowest BCUT2D eigenvalue weighted by molar-refractivity contribution is -0.161. The second kappa shape index (κ2) is 20.6. The molecule has 68 heavy (non-hydrogen) atoms. The molecule has 1 aromatic heterocycles. The highest BCUT2D eigenvalue weighted by Crippen LogP contribution is 2.42. The summed E-state index contributed by atoms with van der Waals surface area (Å²) in [6.07, 6.45) is 7.38. The second-order valence-corrected chi connectivity index (χ2v) is 20.8. The Balaban J connectivity index is 1.47. The molecule has 5 N–H and O–H groups in total. The molecule has 3 aromatic carbocycles. The fourth-order valence-corrected chi connectivity index (χ4v) is 10.5. The van der Waals surface area contributed by atoms with Gasteiger partial charge in [-0.1, -0.05) is 61.6 Å². The Morgan fingerprint density at radius 1 is 1.03 bits per heavy atom. The number of phenolic OH excluding ortho intramolecular Hbond substituents is 1. The van der Waals surface area contributed by atoms with Crippen LogP contribution >= 0.6 is 31.8 Å². The Morgan fingerprint density at radius 3 is 2.40 bits per heavy atom. The molecule has 16 nitrogen and oxygen atoms in total. The molecule has 0 aliphatic carbocycles. The van der Waals surface area contributed by atoms with Gasteiger partial charge in [-0.05, 0) is 51.8 Å². The van der Waals surface area contributed by atoms with Gasteiger partial charge in [0.1, 0.15) is 28.8 Å². The van der Waals surface area contributed by atoms with Crippen molar-refractivity contribution in [2.75, 3.05) is 36.6 Å². The Labute approximate surface area is 409 Å². The SMILES string of the molecule is CO[C@H]1/C=C/O[C@@]2(C)Oc3c(C)c(O)c4c(=O)c(c5oc6cc(N7CCC(I)CC7)cc(=O)c6nc5c4c3=C2O)NC(=O)/C(C)=C\C=C\[C@H](C)[C@H](O)[C@@H](CCCP)[C@@H](O)[C@@H](C)[C@H](OC(C)=O)[C@@H]1C. The molecule has 366 valence electrons. The van der Waals surface area contributed by atoms with E-state index in [9.17, 15) is 39.6 Å². The van der Waals surface area contributed by atoms with Crippen LogP contribution in [0, 0.1) is 30.6 Å². The number of hydrogen-bond donors (Lipinski definition) is 5. The number of methoxy groups -OCH3 is 1. The molecule has 7 rings (SSSR count). The number of allylic oxidation sites excluding steroid dienone is 2. The summed E-state index contributed by atoms with van der Waals surface area (Å²) in [7, 11) is 4.12. The van der Waals surface area contributed by atoms with Crippen LogP contribution in [0.25, 0.3) is 38.7 Å². The maximum atomic E-state index is 14.9. The van der Waals surface area contributed by atoms with Crippen LogP contribution in [0.3, 0.4) is 0 Å². The van der Waals surface area contributed by atoms with Crippen LogP contribution in [0.5, 0.6) is 11.5 Å². The van der Waals surface area contributed by atoms with Gasteiger partial charge < -0.3 is 54.0 Å². The van der Waals surface area contributed by atoms with Crippen molar-refractivity contribution in [1.82, 2.24) is 4.98 Å². The summed E-state index contributed by atoms with van der Waals surface area (Å²) in [5.74, 6) is -6.83. The molecule has 1 fully saturated rings. The number of halogens is 1. The van der Waals surface area contributed by atoms with Gasteiger partial charge >= 0.3 is 11.8 Å². The number of aliphatic hydroxyl groups is 3. The zero-order valence-electron chi connectivity index (χ0n) is 39.5. The minimum absolute atomic E-state index is 0.0442. The number of hydrogen-bond acceptors (Lipinski definition) is 15. The van der Waals surface area contributed by atoms with Crippen molar-refractivity contribution in [2.45, 2.75) is 108 Å². The number of phenols is 1. The van der Waals surface area contributed by atoms with Gasteiger partial charge in [-0.15, -0.1) is 9.24 Å². The van der Waals surface area contributed by atoms with Gasteiger partial charge in [-0.2, -0.15) is 0 Å². The van der Waals surface area contributed by atoms with E-state index in [1.165, 1.54) is 59.3 Å². The third kappa shape index (κ3) is 9.70. The van der Waals surface area contributed by atoms with E-state index < -0.39 is 88.1 Å². The molecule has 3 aliphatic rings. The first-order valence-corrected chi connectivity index (χ1v) is 25.0. The number of aromatic hydroxyl groups is 1. The number of alkyl halides is 1. The summed E-state index contributed by atoms with van der Waals surface area (Å²) in [6, 6.07) is 3.16. The average molecular weight is 1070 g/mol. The lowest BCUT2D eigenvalue weighted by Gasteiger charge is -2.39. The monoisotopic (exact) mass is 1070 g/mol. The van der Waals surface area contributed by atoms with Crippen molar-refractivity contribution in [3.05, 3.63) is 79.5 Å². The normalized spacial score (nSPS) is 29.4. The van der Waals surface area contributed by atoms with Crippen molar-refractivity contribution in [3.63, 3.8) is 0 Å². The number of aliphatic hydroxyl groups excluding tert-OH is 3. The van der Waals surface area contributed by atoms with Gasteiger partial charge in [0, 0.05) is 96.0 Å². The van der Waals surface area contributed by atoms with Crippen molar-refractivity contribution >= 4 is 93.8 Å². The number of fused-ring (bicyclic) bond motifs is 2. The zero-order chi connectivity index (χ0) is 49.5. The molecule has 4 heterocycles. The topological polar surface area (TPSA) is 227 Å². The first kappa shape index (κ1) is 51.1. The lowest BCUT2D eigenvalue weighted by atomic mass is 9.76. The van der Waals surface area contributed by atoms with E-state index in [2.05, 4.69) is 42.0 Å². The molecule has 0 saturated carbocycles. The third-order valence-corrected chi connectivity index (χ3v) is 15.4. The van der Waals surface area contributed by atoms with Crippen LogP contribution < -0.4 is 31.0 Å². The third-order valence-electron chi connectivity index (χ3n) is 13.8. The average Bonchev–Trinajstić information content (AvgIpc) is 3.57. The van der Waals surface area contributed by atoms with Crippen LogP contribution in [-0.2, 0) is 23.8 Å². The minimum Gasteiger partial charge on any atom is -0.507 e. The number of benzene rings is 3. The summed E-state index contributed by atoms with van der Waals surface area (Å²) >= 11 is 2.42. The number of nitrogens with one attached hydrogen (secondary N) is 1. The highest BCUT2D eigenvalue weighted by atomic mass is 127. The van der Waals surface area contributed by atoms with Crippen molar-refractivity contribution in [3.8, 4) is 11.5 Å². The Bertz CT molecular complexity index is 2900. The van der Waals surface area contributed by atoms with Crippen molar-refractivity contribution in [1.29, 1.82) is 0 Å². The number of esters is 1. The summed E-state index contributed by atoms with van der Waals surface area (Å²) in [4.78, 5) is 62.4. The molecule has 1 amide bonds. The molecule has 18 heteroatoms. The van der Waals surface area contributed by atoms with Crippen molar-refractivity contribution in [2.24, 2.45) is 23.7 Å². The van der Waals surface area contributed by atoms with Gasteiger partial charge in [0.2, 0.25) is 10.9 Å². The van der Waals surface area contributed by atoms with Gasteiger partial charge in [-0.25, -0.2) is 4.98 Å². The van der Waals surface area contributed by atoms with Gasteiger partial charge in [-0.3, -0.25) is 19.2 Å². The highest BCUT2D eigenvalue weighted by molar-refractivity contribution is 14.1. The van der Waals surface area contributed by atoms with Crippen LogP contribution in [0.4, 0.5) is 11.4 Å². The van der Waals surface area contributed by atoms with Gasteiger partial charge in [0.05, 0.1) is 35.2 Å². The van der Waals surface area contributed by atoms with E-state index in [1.807, 2.05) is 0 Å². The number of piperidine rings is 1. The zero-order valence-corrected chi connectivity index (χ0v) is 42.8. The molecule has 1 saturated heterocycles. The molecule has 0 spiro atoms. The molecule has 1 unspecified atom stereocenters. The number of aromatic nitrogens is 1. The lowest BCUT2D eigenvalue weighted by Crippen LogP contribution is -2.47. The number of ether oxygens (including phenoxy) is 4. The maximum Gasteiger partial charge on any atom is 0.307 e. The Kier molecular flexibility index (Phi) is 15.5. The summed E-state index contributed by atoms with van der Waals surface area (Å²) < 4.78 is 31.2. The molecule has 10 atom stereocenters. The summed E-state index contributed by atoms with van der Waals surface area (Å²) in [5.41, 5.74) is -1.28. The van der Waals surface area contributed by atoms with E-state index in [-0.39, 0.29) is 60.8 Å². The number of amides is 1. The van der Waals surface area contributed by atoms with E-state index in [0.29, 0.717) is 35.5 Å². The molecular weight excluding hydrogens is 1010 g/mol. The quantitative estimate of drug-likeness (QED) is 0.0342. The molecule has 4 aromatic rings. The van der Waals surface area contributed by atoms with Crippen LogP contribution in [0.2, 0.25) is 0 Å². The number of anilines is 2. The van der Waals surface area contributed by atoms with E-state index in [0.717, 1.165) is 19.0 Å². The van der Waals surface area contributed by atoms with Gasteiger partial charge in [0.25, 0.3) is 5.91 Å². The van der Waals surface area contributed by atoms with Crippen molar-refractivity contribution < 1.29 is 53.4 Å². The first-order valence-electron chi connectivity index (χ1n) is 23.0. The second-order valence-electron chi connectivity index (χ2n) is 18.4. The number of carbonyl (C=O) groups excluding carboxylic acids is 2. The fraction of sp³-hybridized carbons (Fsp3) is 0.500. The molecule has 0 radical (unpaired) electrons. The largest absolute Gasteiger partial charge is 0.507 e. The van der Waals surface area contributed by atoms with E-state index in [1.54, 1.807) is 39.0 Å². The Morgan fingerprint density at radius 2 is 1.74 bits per heavy atom. The number of carbonyl (C=O) groups is 2. The smallest absolute Gasteiger partial charge is 0.307 e. The fourth-order valence-electron chi connectivity index (χ4n) is 9.68. The molecule has 3 aliphatic heterocycles. The number of nitrogens with zero attached hydrogens (tertiary/aromatic N) is 2. The van der Waals surface area contributed by atoms with E-state index >= 15 is 0 Å². The van der Waals surface area contributed by atoms with Gasteiger partial charge in [0.15, 0.2) is 22.4 Å². The van der Waals surface area contributed by atoms with Crippen LogP contribution in [0.15, 0.2) is 62.3 Å². The number of rotatable bonds is 6. The molecule has 4 bridgehead atoms. The molecular formula is C50H61IN3O13P. The van der Waals surface area contributed by atoms with Crippen LogP contribution in [-0.4, -0.2) is 97.8 Å². The predicted octanol–water partition coefficient (Wildman–Crippen LogP) is 6.60. The standard InChI is InChI=1S/C50H61IN3O13P/c1-23-11-9-12-24(2)49(62)53-40-44(60)36-35(39-47(40)66-34-22-30(21-32(56)38(34)52-39)54-17-14-29(51)15-18-54)37-46(27(5)43(36)59)67-50(7,48(37)61)64-19-16-33(63-8)25(3)45(65-28(6)55)26(4)42(58)31(41(23)57)13-10-20-68/h9,11-12,16,19,21-23,25-26,29,31,33,41-42,45,57-59,61H,10,13-15,17-18,20,68H2,1-8H3,(H,53,62)/b11-9+,19-16+,24-12-/t23-,25+,26+,31+,33-,41-,42-,45+,50-/m0/s1. The first-order chi connectivity index (χ1) is 32.2. The van der Waals surface area contributed by atoms with E-state index in [4.69, 9.17) is 28.3 Å². The summed E-state index contributed by atoms with van der Waals surface area (Å²) in [5, 5.41) is 50.1. The predicted molar refractivity (Wildman–Crippen MR) is 272 cm³/mol. The van der Waals surface area contributed by atoms with Crippen LogP contribution in [0.1, 0.15) is 72.8 Å².